The smallest absolute Gasteiger partial charge is 0.314 e. The Hall–Kier alpha value is -1.62. The van der Waals surface area contributed by atoms with E-state index in [4.69, 9.17) is 9.47 Å². The molecule has 2 aromatic rings. The lowest BCUT2D eigenvalue weighted by molar-refractivity contribution is -0.0935. The first-order valence-electron chi connectivity index (χ1n) is 8.69. The molecule has 2 heterocycles. The van der Waals surface area contributed by atoms with Gasteiger partial charge in [0.05, 0.1) is 26.1 Å². The van der Waals surface area contributed by atoms with Gasteiger partial charge in [0.25, 0.3) is 0 Å². The minimum Gasteiger partial charge on any atom is -0.476 e. The summed E-state index contributed by atoms with van der Waals surface area (Å²) < 4.78 is 26.8. The summed E-state index contributed by atoms with van der Waals surface area (Å²) in [7, 11) is -1.29. The molecule has 2 N–H and O–H groups in total. The molecule has 2 aromatic heterocycles. The molecule has 0 aromatic carbocycles. The lowest BCUT2D eigenvalue weighted by atomic mass is 10.3. The zero-order valence-corrected chi connectivity index (χ0v) is 16.6. The van der Waals surface area contributed by atoms with Crippen molar-refractivity contribution in [2.24, 2.45) is 0 Å². The summed E-state index contributed by atoms with van der Waals surface area (Å²) in [5, 5.41) is 18.4. The van der Waals surface area contributed by atoms with E-state index in [2.05, 4.69) is 34.6 Å². The average molecular weight is 387 g/mol. The average Bonchev–Trinajstić information content (AvgIpc) is 2.98. The second-order valence-corrected chi connectivity index (χ2v) is 12.9. The van der Waals surface area contributed by atoms with Gasteiger partial charge in [-0.3, -0.25) is 4.57 Å². The number of fused-ring (bicyclic) bond motifs is 1. The first-order chi connectivity index (χ1) is 12.3. The largest absolute Gasteiger partial charge is 0.476 e. The van der Waals surface area contributed by atoms with Crippen LogP contribution in [0.25, 0.3) is 11.2 Å². The van der Waals surface area contributed by atoms with Crippen LogP contribution in [-0.2, 0) is 4.74 Å². The Balaban J connectivity index is 2.29. The molecule has 2 rings (SSSR count). The molecule has 0 saturated heterocycles. The first kappa shape index (κ1) is 20.7. The van der Waals surface area contributed by atoms with Crippen molar-refractivity contribution in [1.29, 1.82) is 0 Å². The lowest BCUT2D eigenvalue weighted by Gasteiger charge is -2.22. The molecule has 0 aliphatic carbocycles. The van der Waals surface area contributed by atoms with Gasteiger partial charge in [0.1, 0.15) is 12.3 Å². The van der Waals surface area contributed by atoms with Crippen molar-refractivity contribution >= 4 is 19.2 Å². The summed E-state index contributed by atoms with van der Waals surface area (Å²) in [4.78, 5) is 11.8. The highest BCUT2D eigenvalue weighted by Crippen LogP contribution is 2.26. The maximum atomic E-state index is 13.9. The van der Waals surface area contributed by atoms with Crippen LogP contribution in [0, 0.1) is 6.08 Å². The minimum atomic E-state index is -1.29. The summed E-state index contributed by atoms with van der Waals surface area (Å²) >= 11 is 0. The molecule has 0 aliphatic rings. The summed E-state index contributed by atoms with van der Waals surface area (Å²) in [6.07, 6.45) is -0.216. The number of halogens is 1. The van der Waals surface area contributed by atoms with Gasteiger partial charge in [-0.25, -0.2) is 4.98 Å². The quantitative estimate of drug-likeness (QED) is 0.475. The maximum absolute atomic E-state index is 13.9. The number of aliphatic hydroxyl groups excluding tert-OH is 2. The van der Waals surface area contributed by atoms with Gasteiger partial charge in [-0.2, -0.15) is 14.4 Å². The Morgan fingerprint density at radius 3 is 2.50 bits per heavy atom. The molecule has 0 unspecified atom stereocenters. The molecular weight excluding hydrogens is 359 g/mol. The first-order valence-corrected chi connectivity index (χ1v) is 12.4. The van der Waals surface area contributed by atoms with Crippen LogP contribution in [0.2, 0.25) is 25.7 Å². The lowest BCUT2D eigenvalue weighted by Crippen LogP contribution is -2.26. The van der Waals surface area contributed by atoms with Crippen molar-refractivity contribution in [3.8, 4) is 5.88 Å². The molecular formula is C16H27FN4O4Si. The van der Waals surface area contributed by atoms with E-state index >= 15 is 0 Å². The third-order valence-electron chi connectivity index (χ3n) is 3.87. The van der Waals surface area contributed by atoms with Gasteiger partial charge < -0.3 is 19.7 Å². The maximum Gasteiger partial charge on any atom is 0.314 e. The van der Waals surface area contributed by atoms with Crippen molar-refractivity contribution in [2.45, 2.75) is 51.4 Å². The van der Waals surface area contributed by atoms with E-state index in [1.54, 1.807) is 4.57 Å². The fourth-order valence-electron chi connectivity index (χ4n) is 2.36. The second kappa shape index (κ2) is 8.85. The minimum absolute atomic E-state index is 0.111. The number of rotatable bonds is 10. The van der Waals surface area contributed by atoms with E-state index < -0.39 is 26.5 Å². The van der Waals surface area contributed by atoms with Crippen molar-refractivity contribution in [1.82, 2.24) is 19.5 Å². The third kappa shape index (κ3) is 5.19. The number of aliphatic hydroxyl groups is 2. The van der Waals surface area contributed by atoms with Gasteiger partial charge in [-0.05, 0) is 12.5 Å². The zero-order chi connectivity index (χ0) is 19.3. The Kier molecular flexibility index (Phi) is 7.04. The summed E-state index contributed by atoms with van der Waals surface area (Å²) in [6, 6.07) is 0.913. The molecule has 0 radical (unpaired) electrons. The van der Waals surface area contributed by atoms with E-state index in [1.165, 1.54) is 6.33 Å². The molecule has 0 fully saturated rings. The Morgan fingerprint density at radius 2 is 1.92 bits per heavy atom. The topological polar surface area (TPSA) is 103 Å². The highest BCUT2D eigenvalue weighted by Gasteiger charge is 2.22. The van der Waals surface area contributed by atoms with Crippen LogP contribution < -0.4 is 4.74 Å². The number of hydrogen-bond acceptors (Lipinski definition) is 7. The molecule has 0 bridgehead atoms. The second-order valence-electron chi connectivity index (χ2n) is 7.27. The molecule has 8 nitrogen and oxygen atoms in total. The number of ether oxygens (including phenoxy) is 2. The molecule has 0 amide bonds. The standard InChI is InChI=1S/C16H27FN4O4Si/c1-5-12(25-11(8-22)9-23)21-10-18-13-14(21)19-16(17)20-15(13)24-6-7-26(2,3)4/h10-12,22-23H,5-9H2,1-4H3/t12-/m1/s1. The summed E-state index contributed by atoms with van der Waals surface area (Å²) in [5.74, 6) is 0.111. The van der Waals surface area contributed by atoms with Gasteiger partial charge in [-0.15, -0.1) is 0 Å². The van der Waals surface area contributed by atoms with Crippen LogP contribution in [0.1, 0.15) is 19.6 Å². The van der Waals surface area contributed by atoms with Crippen LogP contribution >= 0.6 is 0 Å². The zero-order valence-electron chi connectivity index (χ0n) is 15.6. The molecule has 10 heteroatoms. The highest BCUT2D eigenvalue weighted by molar-refractivity contribution is 6.76. The van der Waals surface area contributed by atoms with Gasteiger partial charge in [0, 0.05) is 8.07 Å². The van der Waals surface area contributed by atoms with E-state index in [0.29, 0.717) is 18.5 Å². The van der Waals surface area contributed by atoms with Gasteiger partial charge in [0.15, 0.2) is 11.2 Å². The van der Waals surface area contributed by atoms with Crippen LogP contribution in [0.15, 0.2) is 6.33 Å². The van der Waals surface area contributed by atoms with Crippen LogP contribution in [0.3, 0.4) is 0 Å². The van der Waals surface area contributed by atoms with Gasteiger partial charge in [0.2, 0.25) is 5.88 Å². The van der Waals surface area contributed by atoms with Gasteiger partial charge >= 0.3 is 6.08 Å². The van der Waals surface area contributed by atoms with Crippen LogP contribution in [0.4, 0.5) is 4.39 Å². The van der Waals surface area contributed by atoms with Crippen LogP contribution in [0.5, 0.6) is 5.88 Å². The fraction of sp³-hybridized carbons (Fsp3) is 0.688. The van der Waals surface area contributed by atoms with E-state index in [0.717, 1.165) is 6.04 Å². The van der Waals surface area contributed by atoms with E-state index in [9.17, 15) is 14.6 Å². The number of nitrogens with zero attached hydrogens (tertiary/aromatic N) is 4. The van der Waals surface area contributed by atoms with E-state index in [-0.39, 0.29) is 24.7 Å². The molecule has 0 aliphatic heterocycles. The monoisotopic (exact) mass is 386 g/mol. The highest BCUT2D eigenvalue weighted by atomic mass is 28.3. The normalized spacial score (nSPS) is 13.5. The van der Waals surface area contributed by atoms with Gasteiger partial charge in [-0.1, -0.05) is 26.6 Å². The Labute approximate surface area is 153 Å². The summed E-state index contributed by atoms with van der Waals surface area (Å²) in [6.45, 7) is 8.34. The third-order valence-corrected chi connectivity index (χ3v) is 5.57. The van der Waals surface area contributed by atoms with Crippen molar-refractivity contribution in [3.63, 3.8) is 0 Å². The van der Waals surface area contributed by atoms with Crippen LogP contribution in [-0.4, -0.2) is 63.7 Å². The number of imidazole rings is 1. The fourth-order valence-corrected chi connectivity index (χ4v) is 3.07. The molecule has 146 valence electrons. The predicted molar refractivity (Wildman–Crippen MR) is 97.3 cm³/mol. The Morgan fingerprint density at radius 1 is 1.23 bits per heavy atom. The molecule has 0 saturated carbocycles. The van der Waals surface area contributed by atoms with E-state index in [1.807, 2.05) is 6.92 Å². The predicted octanol–water partition coefficient (Wildman–Crippen LogP) is 1.96. The Bertz CT molecular complexity index is 718. The molecule has 1 atom stereocenters. The molecule has 26 heavy (non-hydrogen) atoms. The number of aromatic nitrogens is 4. The van der Waals surface area contributed by atoms with Crippen molar-refractivity contribution in [2.75, 3.05) is 19.8 Å². The SMILES string of the molecule is CC[C@@H](OC(CO)CO)n1cnc2c(OCC[Si](C)(C)C)nc(F)nc21. The van der Waals surface area contributed by atoms with Crippen molar-refractivity contribution in [3.05, 3.63) is 12.4 Å². The summed E-state index contributed by atoms with van der Waals surface area (Å²) in [5.41, 5.74) is 0.607. The molecule has 0 spiro atoms. The number of hydrogen-bond donors (Lipinski definition) is 2. The van der Waals surface area contributed by atoms with Crippen molar-refractivity contribution < 1.29 is 24.1 Å².